The summed E-state index contributed by atoms with van der Waals surface area (Å²) in [6.07, 6.45) is 2.22. The van der Waals surface area contributed by atoms with Gasteiger partial charge in [-0.3, -0.25) is 14.7 Å². The molecule has 0 aliphatic carbocycles. The number of nitrogens with zero attached hydrogens (tertiary/aromatic N) is 7. The predicted octanol–water partition coefficient (Wildman–Crippen LogP) is 19.4. The number of rotatable bonds is 12. The van der Waals surface area contributed by atoms with Crippen LogP contribution in [0.1, 0.15) is 42.8 Å². The van der Waals surface area contributed by atoms with E-state index in [0.717, 1.165) is 79.4 Å². The lowest BCUT2D eigenvalue weighted by molar-refractivity contribution is 0.145. The number of urea groups is 3. The van der Waals surface area contributed by atoms with Crippen molar-refractivity contribution in [3.8, 4) is 5.75 Å². The Morgan fingerprint density at radius 1 is 0.465 bits per heavy atom. The van der Waals surface area contributed by atoms with E-state index in [-0.39, 0.29) is 40.4 Å². The average Bonchev–Trinajstić information content (AvgIpc) is 0.769. The van der Waals surface area contributed by atoms with Crippen molar-refractivity contribution in [2.75, 3.05) is 45.8 Å². The molecule has 3 aromatic heterocycles. The lowest BCUT2D eigenvalue weighted by Gasteiger charge is -2.35. The Kier molecular flexibility index (Phi) is 22.8. The van der Waals surface area contributed by atoms with Gasteiger partial charge in [0.1, 0.15) is 56.1 Å². The van der Waals surface area contributed by atoms with E-state index in [2.05, 4.69) is 42.2 Å². The Hall–Kier alpha value is -7.05. The lowest BCUT2D eigenvalue weighted by atomic mass is 10.1. The molecule has 2 saturated heterocycles. The number of amides is 6. The average molecular weight is 1590 g/mol. The number of benzene rings is 6. The fourth-order valence-corrected chi connectivity index (χ4v) is 15.9. The molecule has 0 radical (unpaired) electrons. The van der Waals surface area contributed by atoms with E-state index >= 15 is 0 Å². The molecule has 5 aliphatic heterocycles. The zero-order valence-corrected chi connectivity index (χ0v) is 59.5. The van der Waals surface area contributed by atoms with Crippen LogP contribution < -0.4 is 45.6 Å². The van der Waals surface area contributed by atoms with Gasteiger partial charge in [0.15, 0.2) is 5.75 Å². The summed E-state index contributed by atoms with van der Waals surface area (Å²) in [7, 11) is 0. The third kappa shape index (κ3) is 16.2. The molecule has 6 aromatic carbocycles. The largest absolute Gasteiger partial charge is 0.487 e. The van der Waals surface area contributed by atoms with Crippen LogP contribution in [0.4, 0.5) is 80.5 Å². The maximum absolute atomic E-state index is 14.5. The number of carbonyl (C=O) groups excluding carboxylic acids is 3. The number of hydrogen-bond donors (Lipinski definition) is 5. The van der Waals surface area contributed by atoms with Gasteiger partial charge < -0.3 is 36.0 Å². The third-order valence-corrected chi connectivity index (χ3v) is 21.6. The second-order valence-corrected chi connectivity index (χ2v) is 28.7. The van der Waals surface area contributed by atoms with Gasteiger partial charge in [-0.2, -0.15) is 0 Å². The number of nitrogens with one attached hydrogen (secondary N) is 4. The molecule has 2 fully saturated rings. The number of aliphatic hydroxyl groups is 1. The number of halogens is 13. The summed E-state index contributed by atoms with van der Waals surface area (Å²) < 4.78 is 89.9. The standard InChI is InChI=1S/2C24H20Cl2F2N4O2S.C19H10BrCl2F2N3OS/c25-15-2-1-3-16(26)22(15)32-19-11-20(31-8-6-14(33)7-9-31)23(30-18(19)12-29-24(32)34)35-21-5-4-13(27)10-17(21)28;25-15-2-1-3-16(26)22(15)32-19-11-20(34-14-6-8-29-9-7-14)23(31-18(19)12-30-24(32)33)35-21-5-4-13(27)10-17(21)28;20-10-7-15-14(26-18(10)29-16-5-4-9(23)6-13(16)24)8-25-19(28)27(15)17-11(21)2-1-3-12(17)22/h1-5,10-11,14,33H,6-9,12H2,(H,29,34);1-5,10-11,14,29H,6-9,12H2,(H,30,33);1-7H,8H2,(H,25,28). The van der Waals surface area contributed by atoms with E-state index in [9.17, 15) is 45.8 Å². The van der Waals surface area contributed by atoms with Crippen molar-refractivity contribution in [3.05, 3.63) is 214 Å². The van der Waals surface area contributed by atoms with E-state index in [1.54, 1.807) is 66.7 Å². The molecular formula is C67H50BrCl6F6N11O5S3. The van der Waals surface area contributed by atoms with Crippen LogP contribution in [-0.2, 0) is 19.6 Å². The van der Waals surface area contributed by atoms with E-state index < -0.39 is 59.1 Å². The van der Waals surface area contributed by atoms with Crippen molar-refractivity contribution in [1.82, 2.24) is 36.2 Å². The maximum Gasteiger partial charge on any atom is 0.326 e. The Morgan fingerprint density at radius 2 is 0.828 bits per heavy atom. The van der Waals surface area contributed by atoms with Crippen LogP contribution in [-0.4, -0.2) is 76.5 Å². The molecule has 6 amide bonds. The fraction of sp³-hybridized carbons (Fsp3) is 0.194. The first-order valence-corrected chi connectivity index (χ1v) is 35.6. The van der Waals surface area contributed by atoms with Crippen molar-refractivity contribution < 1.29 is 50.6 Å². The van der Waals surface area contributed by atoms with Crippen molar-refractivity contribution in [1.29, 1.82) is 0 Å². The summed E-state index contributed by atoms with van der Waals surface area (Å²) in [5, 5.41) is 24.8. The monoisotopic (exact) mass is 1590 g/mol. The minimum atomic E-state index is -0.694. The minimum absolute atomic E-state index is 0.0803. The van der Waals surface area contributed by atoms with Gasteiger partial charge in [0, 0.05) is 52.0 Å². The van der Waals surface area contributed by atoms with Gasteiger partial charge in [0.25, 0.3) is 0 Å². The predicted molar refractivity (Wildman–Crippen MR) is 378 cm³/mol. The van der Waals surface area contributed by atoms with Crippen LogP contribution in [0.2, 0.25) is 30.1 Å². The van der Waals surface area contributed by atoms with Gasteiger partial charge in [0.05, 0.1) is 117 Å². The second-order valence-electron chi connectivity index (χ2n) is 22.3. The van der Waals surface area contributed by atoms with Crippen molar-refractivity contribution in [2.24, 2.45) is 0 Å². The highest BCUT2D eigenvalue weighted by Gasteiger charge is 2.36. The number of pyridine rings is 3. The zero-order chi connectivity index (χ0) is 69.9. The van der Waals surface area contributed by atoms with Crippen LogP contribution >= 0.6 is 121 Å². The number of anilines is 7. The first-order chi connectivity index (χ1) is 47.6. The highest BCUT2D eigenvalue weighted by Crippen LogP contribution is 2.49. The summed E-state index contributed by atoms with van der Waals surface area (Å²) >= 11 is 44.9. The number of aliphatic hydroxyl groups excluding tert-OH is 1. The van der Waals surface area contributed by atoms with Crippen LogP contribution in [0.25, 0.3) is 0 Å². The molecule has 5 aliphatic rings. The van der Waals surface area contributed by atoms with Crippen molar-refractivity contribution >= 4 is 179 Å². The molecule has 0 atom stereocenters. The first kappa shape index (κ1) is 71.8. The SMILES string of the molecule is O=C1NCc2nc(Sc3ccc(F)cc3F)c(Br)cc2N1c1c(Cl)cccc1Cl.O=C1NCc2nc(Sc3ccc(F)cc3F)c(N3CCC(O)CC3)cc2N1c1c(Cl)cccc1Cl.O=C1NCc2nc(Sc3ccc(F)cc3F)c(OC3CCNCC3)cc2N1c1c(Cl)cccc1Cl. The molecular weight excluding hydrogens is 1540 g/mol. The molecule has 32 heteroatoms. The summed E-state index contributed by atoms with van der Waals surface area (Å²) in [6.45, 7) is 3.22. The molecule has 0 spiro atoms. The fourth-order valence-electron chi connectivity index (χ4n) is 11.0. The quantitative estimate of drug-likeness (QED) is 0.0730. The molecule has 16 nitrogen and oxygen atoms in total. The molecule has 0 unspecified atom stereocenters. The second kappa shape index (κ2) is 31.5. The van der Waals surface area contributed by atoms with E-state index in [1.807, 2.05) is 11.0 Å². The number of ether oxygens (including phenoxy) is 1. The topological polar surface area (TPSA) is 180 Å². The van der Waals surface area contributed by atoms with E-state index in [4.69, 9.17) is 84.3 Å². The molecule has 8 heterocycles. The van der Waals surface area contributed by atoms with Crippen LogP contribution in [0.3, 0.4) is 0 Å². The highest BCUT2D eigenvalue weighted by atomic mass is 79.9. The number of aromatic nitrogens is 3. The van der Waals surface area contributed by atoms with Crippen LogP contribution in [0.15, 0.2) is 162 Å². The molecule has 99 heavy (non-hydrogen) atoms. The summed E-state index contributed by atoms with van der Waals surface area (Å²) in [5.74, 6) is -3.64. The molecule has 5 N–H and O–H groups in total. The van der Waals surface area contributed by atoms with Crippen LogP contribution in [0, 0.1) is 34.9 Å². The van der Waals surface area contributed by atoms with Gasteiger partial charge in [0.2, 0.25) is 0 Å². The Bertz CT molecular complexity index is 4590. The third-order valence-electron chi connectivity index (χ3n) is 15.8. The Balaban J connectivity index is 0.000000142. The van der Waals surface area contributed by atoms with Gasteiger partial charge >= 0.3 is 18.1 Å². The van der Waals surface area contributed by atoms with Gasteiger partial charge in [-0.05, 0) is 140 Å². The molecule has 512 valence electrons. The summed E-state index contributed by atoms with van der Waals surface area (Å²) in [4.78, 5) is 59.4. The van der Waals surface area contributed by atoms with Gasteiger partial charge in [-0.15, -0.1) is 0 Å². The Labute approximate surface area is 613 Å². The van der Waals surface area contributed by atoms with Gasteiger partial charge in [-0.25, -0.2) is 55.7 Å². The number of carbonyl (C=O) groups is 3. The smallest absolute Gasteiger partial charge is 0.326 e. The molecule has 0 saturated carbocycles. The lowest BCUT2D eigenvalue weighted by Crippen LogP contribution is -2.42. The normalized spacial score (nSPS) is 15.4. The molecule has 14 rings (SSSR count). The van der Waals surface area contributed by atoms with E-state index in [0.29, 0.717) is 138 Å². The Morgan fingerprint density at radius 3 is 1.24 bits per heavy atom. The minimum Gasteiger partial charge on any atom is -0.487 e. The molecule has 9 aromatic rings. The number of hydrogen-bond acceptors (Lipinski definition) is 13. The highest BCUT2D eigenvalue weighted by molar-refractivity contribution is 9.10. The molecule has 0 bridgehead atoms. The number of piperidine rings is 2. The van der Waals surface area contributed by atoms with E-state index in [1.165, 1.54) is 51.1 Å². The number of fused-ring (bicyclic) bond motifs is 3. The summed E-state index contributed by atoms with van der Waals surface area (Å²) in [6, 6.07) is 29.1. The number of para-hydroxylation sites is 3. The van der Waals surface area contributed by atoms with Crippen molar-refractivity contribution in [2.45, 2.75) is 87.3 Å². The van der Waals surface area contributed by atoms with Crippen LogP contribution in [0.5, 0.6) is 5.75 Å². The maximum atomic E-state index is 14.5. The first-order valence-electron chi connectivity index (χ1n) is 30.1. The summed E-state index contributed by atoms with van der Waals surface area (Å²) in [5.41, 5.74) is 4.78. The zero-order valence-electron chi connectivity index (χ0n) is 50.9. The van der Waals surface area contributed by atoms with Gasteiger partial charge in [-0.1, -0.05) is 123 Å². The van der Waals surface area contributed by atoms with Crippen molar-refractivity contribution in [3.63, 3.8) is 0 Å².